The Bertz CT molecular complexity index is 844. The van der Waals surface area contributed by atoms with E-state index in [2.05, 4.69) is 33.2 Å². The maximum Gasteiger partial charge on any atom is 0.255 e. The highest BCUT2D eigenvalue weighted by molar-refractivity contribution is 7.08. The molecule has 5 nitrogen and oxygen atoms in total. The van der Waals surface area contributed by atoms with Crippen LogP contribution in [-0.2, 0) is 13.1 Å². The zero-order chi connectivity index (χ0) is 17.8. The smallest absolute Gasteiger partial charge is 0.255 e. The molecule has 3 aromatic rings. The zero-order valence-electron chi connectivity index (χ0n) is 14.5. The van der Waals surface area contributed by atoms with E-state index >= 15 is 0 Å². The number of carbonyl (C=O) groups excluding carboxylic acids is 1. The van der Waals surface area contributed by atoms with Crippen LogP contribution in [0.25, 0.3) is 0 Å². The lowest BCUT2D eigenvalue weighted by Crippen LogP contribution is -2.34. The molecule has 1 aliphatic heterocycles. The highest BCUT2D eigenvalue weighted by Gasteiger charge is 2.25. The fourth-order valence-corrected chi connectivity index (χ4v) is 4.09. The number of thiophene rings is 1. The number of hydrogen-bond acceptors (Lipinski definition) is 4. The van der Waals surface area contributed by atoms with E-state index < -0.39 is 0 Å². The van der Waals surface area contributed by atoms with Crippen molar-refractivity contribution in [3.63, 3.8) is 0 Å². The molecule has 0 aliphatic carbocycles. The van der Waals surface area contributed by atoms with Crippen molar-refractivity contribution < 1.29 is 4.79 Å². The van der Waals surface area contributed by atoms with Gasteiger partial charge >= 0.3 is 0 Å². The Kier molecular flexibility index (Phi) is 5.02. The molecule has 1 atom stereocenters. The number of aromatic nitrogens is 2. The third-order valence-electron chi connectivity index (χ3n) is 4.79. The molecular weight excluding hydrogens is 344 g/mol. The van der Waals surface area contributed by atoms with Crippen molar-refractivity contribution in [3.8, 4) is 0 Å². The first-order valence-electron chi connectivity index (χ1n) is 8.90. The SMILES string of the molecule is O=C(c1ccsc1)N1Cc2cccn2C[C@@H](CCNc2ccccn2)C1. The minimum atomic E-state index is 0.128. The van der Waals surface area contributed by atoms with Crippen LogP contribution in [0.3, 0.4) is 0 Å². The Balaban J connectivity index is 1.45. The molecule has 1 aliphatic rings. The molecule has 0 saturated carbocycles. The van der Waals surface area contributed by atoms with Crippen molar-refractivity contribution in [1.82, 2.24) is 14.5 Å². The summed E-state index contributed by atoms with van der Waals surface area (Å²) in [6, 6.07) is 12.0. The molecule has 6 heteroatoms. The van der Waals surface area contributed by atoms with E-state index in [-0.39, 0.29) is 5.91 Å². The van der Waals surface area contributed by atoms with E-state index in [1.54, 1.807) is 17.5 Å². The largest absolute Gasteiger partial charge is 0.370 e. The van der Waals surface area contributed by atoms with Gasteiger partial charge in [-0.2, -0.15) is 11.3 Å². The molecule has 0 saturated heterocycles. The topological polar surface area (TPSA) is 50.2 Å². The highest BCUT2D eigenvalue weighted by atomic mass is 32.1. The normalized spacial score (nSPS) is 16.8. The van der Waals surface area contributed by atoms with Gasteiger partial charge in [0, 0.05) is 43.1 Å². The molecule has 26 heavy (non-hydrogen) atoms. The van der Waals surface area contributed by atoms with Gasteiger partial charge in [0.05, 0.1) is 12.1 Å². The van der Waals surface area contributed by atoms with Crippen molar-refractivity contribution in [2.24, 2.45) is 5.92 Å². The average Bonchev–Trinajstić information content (AvgIpc) is 3.31. The summed E-state index contributed by atoms with van der Waals surface area (Å²) in [6.07, 6.45) is 4.90. The van der Waals surface area contributed by atoms with Crippen molar-refractivity contribution in [3.05, 3.63) is 70.8 Å². The van der Waals surface area contributed by atoms with Crippen LogP contribution in [0.2, 0.25) is 0 Å². The lowest BCUT2D eigenvalue weighted by molar-refractivity contribution is 0.0720. The number of amides is 1. The van der Waals surface area contributed by atoms with Crippen molar-refractivity contribution in [2.45, 2.75) is 19.5 Å². The maximum atomic E-state index is 12.9. The summed E-state index contributed by atoms with van der Waals surface area (Å²) in [7, 11) is 0. The van der Waals surface area contributed by atoms with Gasteiger partial charge in [0.15, 0.2) is 0 Å². The molecular formula is C20H22N4OS. The lowest BCUT2D eigenvalue weighted by Gasteiger charge is -2.24. The lowest BCUT2D eigenvalue weighted by atomic mass is 10.0. The second-order valence-electron chi connectivity index (χ2n) is 6.65. The Morgan fingerprint density at radius 1 is 1.23 bits per heavy atom. The summed E-state index contributed by atoms with van der Waals surface area (Å²) < 4.78 is 2.28. The number of anilines is 1. The third kappa shape index (κ3) is 3.80. The monoisotopic (exact) mass is 366 g/mol. The number of nitrogens with one attached hydrogen (secondary N) is 1. The van der Waals surface area contributed by atoms with Gasteiger partial charge in [0.25, 0.3) is 5.91 Å². The first-order valence-corrected chi connectivity index (χ1v) is 9.84. The van der Waals surface area contributed by atoms with E-state index in [0.29, 0.717) is 12.5 Å². The van der Waals surface area contributed by atoms with Crippen LogP contribution >= 0.6 is 11.3 Å². The Morgan fingerprint density at radius 2 is 2.19 bits per heavy atom. The summed E-state index contributed by atoms with van der Waals surface area (Å²) in [6.45, 7) is 3.24. The quantitative estimate of drug-likeness (QED) is 0.749. The maximum absolute atomic E-state index is 12.9. The summed E-state index contributed by atoms with van der Waals surface area (Å²) in [4.78, 5) is 19.2. The molecule has 0 bridgehead atoms. The van der Waals surface area contributed by atoms with E-state index in [9.17, 15) is 4.79 Å². The van der Waals surface area contributed by atoms with Crippen LogP contribution in [0.5, 0.6) is 0 Å². The average molecular weight is 366 g/mol. The van der Waals surface area contributed by atoms with Gasteiger partial charge in [-0.25, -0.2) is 4.98 Å². The number of hydrogen-bond donors (Lipinski definition) is 1. The fraction of sp³-hybridized carbons (Fsp3) is 0.300. The molecule has 3 aromatic heterocycles. The Hall–Kier alpha value is -2.60. The molecule has 4 rings (SSSR count). The summed E-state index contributed by atoms with van der Waals surface area (Å²) in [5.74, 6) is 1.43. The van der Waals surface area contributed by atoms with Crippen LogP contribution < -0.4 is 5.32 Å². The molecule has 0 spiro atoms. The van der Waals surface area contributed by atoms with E-state index in [4.69, 9.17) is 0 Å². The van der Waals surface area contributed by atoms with Gasteiger partial charge < -0.3 is 14.8 Å². The first-order chi connectivity index (χ1) is 12.8. The zero-order valence-corrected chi connectivity index (χ0v) is 15.4. The van der Waals surface area contributed by atoms with Crippen LogP contribution in [0.4, 0.5) is 5.82 Å². The predicted molar refractivity (Wildman–Crippen MR) is 104 cm³/mol. The Morgan fingerprint density at radius 3 is 3.00 bits per heavy atom. The number of rotatable bonds is 5. The van der Waals surface area contributed by atoms with E-state index in [1.807, 2.05) is 39.9 Å². The van der Waals surface area contributed by atoms with Crippen LogP contribution in [-0.4, -0.2) is 33.4 Å². The highest BCUT2D eigenvalue weighted by Crippen LogP contribution is 2.22. The summed E-state index contributed by atoms with van der Waals surface area (Å²) >= 11 is 1.57. The van der Waals surface area contributed by atoms with Gasteiger partial charge in [-0.05, 0) is 48.1 Å². The number of nitrogens with zero attached hydrogens (tertiary/aromatic N) is 3. The second-order valence-corrected chi connectivity index (χ2v) is 7.43. The van der Waals surface area contributed by atoms with E-state index in [0.717, 1.165) is 37.4 Å². The Labute approximate surface area is 157 Å². The second kappa shape index (κ2) is 7.74. The van der Waals surface area contributed by atoms with Gasteiger partial charge in [-0.1, -0.05) is 6.07 Å². The molecule has 0 aromatic carbocycles. The van der Waals surface area contributed by atoms with E-state index in [1.165, 1.54) is 5.69 Å². The van der Waals surface area contributed by atoms with Gasteiger partial charge in [0.1, 0.15) is 5.82 Å². The van der Waals surface area contributed by atoms with Gasteiger partial charge in [-0.15, -0.1) is 0 Å². The molecule has 0 fully saturated rings. The molecule has 0 radical (unpaired) electrons. The van der Waals surface area contributed by atoms with Crippen LogP contribution in [0, 0.1) is 5.92 Å². The molecule has 134 valence electrons. The molecule has 0 unspecified atom stereocenters. The third-order valence-corrected chi connectivity index (χ3v) is 5.47. The predicted octanol–water partition coefficient (Wildman–Crippen LogP) is 3.72. The minimum absolute atomic E-state index is 0.128. The molecule has 4 heterocycles. The minimum Gasteiger partial charge on any atom is -0.370 e. The number of pyridine rings is 1. The first kappa shape index (κ1) is 16.8. The van der Waals surface area contributed by atoms with Crippen molar-refractivity contribution in [2.75, 3.05) is 18.4 Å². The number of carbonyl (C=O) groups is 1. The summed E-state index contributed by atoms with van der Waals surface area (Å²) in [5.41, 5.74) is 1.99. The summed E-state index contributed by atoms with van der Waals surface area (Å²) in [5, 5.41) is 7.27. The standard InChI is InChI=1S/C20H22N4OS/c25-20(17-7-11-26-15-17)24-13-16(12-23-10-3-4-18(23)14-24)6-9-22-19-5-1-2-8-21-19/h1-5,7-8,10-11,15-16H,6,9,12-14H2,(H,21,22)/t16-/m1/s1. The molecule has 1 N–H and O–H groups in total. The van der Waals surface area contributed by atoms with Gasteiger partial charge in [0.2, 0.25) is 0 Å². The van der Waals surface area contributed by atoms with Crippen molar-refractivity contribution in [1.29, 1.82) is 0 Å². The fourth-order valence-electron chi connectivity index (χ4n) is 3.46. The van der Waals surface area contributed by atoms with Crippen LogP contribution in [0.15, 0.2) is 59.6 Å². The molecule has 1 amide bonds. The van der Waals surface area contributed by atoms with Gasteiger partial charge in [-0.3, -0.25) is 4.79 Å². The van der Waals surface area contributed by atoms with Crippen molar-refractivity contribution >= 4 is 23.1 Å². The van der Waals surface area contributed by atoms with Crippen LogP contribution in [0.1, 0.15) is 22.5 Å². The number of fused-ring (bicyclic) bond motifs is 1.